The van der Waals surface area contributed by atoms with Crippen LogP contribution in [-0.4, -0.2) is 58.0 Å². The number of carbonyl (C=O) groups excluding carboxylic acids is 2. The fraction of sp³-hybridized carbons (Fsp3) is 0.316. The van der Waals surface area contributed by atoms with Gasteiger partial charge in [-0.1, -0.05) is 91.5 Å². The van der Waals surface area contributed by atoms with E-state index in [-0.39, 0.29) is 35.5 Å². The lowest BCUT2D eigenvalue weighted by atomic mass is 9.94. The number of carbonyl (C=O) groups is 2. The number of anilines is 1. The molecule has 0 heterocycles. The van der Waals surface area contributed by atoms with Crippen LogP contribution < -0.4 is 19.1 Å². The van der Waals surface area contributed by atoms with Gasteiger partial charge in [-0.2, -0.15) is 0 Å². The number of sulfonamides is 1. The molecular weight excluding hydrogens is 662 g/mol. The van der Waals surface area contributed by atoms with Crippen LogP contribution in [0.5, 0.6) is 11.5 Å². The van der Waals surface area contributed by atoms with Gasteiger partial charge in [0, 0.05) is 30.1 Å². The van der Waals surface area contributed by atoms with Gasteiger partial charge in [-0.3, -0.25) is 13.9 Å². The van der Waals surface area contributed by atoms with Crippen LogP contribution in [0.4, 0.5) is 5.69 Å². The van der Waals surface area contributed by atoms with E-state index in [0.29, 0.717) is 16.5 Å². The Kier molecular flexibility index (Phi) is 12.2. The third kappa shape index (κ3) is 9.13. The number of ether oxygens (including phenoxy) is 2. The van der Waals surface area contributed by atoms with E-state index in [1.807, 2.05) is 30.3 Å². The summed E-state index contributed by atoms with van der Waals surface area (Å²) in [5, 5.41) is 3.76. The number of benzene rings is 4. The Morgan fingerprint density at radius 2 is 1.45 bits per heavy atom. The van der Waals surface area contributed by atoms with Gasteiger partial charge in [0.15, 0.2) is 11.5 Å². The molecule has 11 heteroatoms. The normalized spacial score (nSPS) is 14.0. The first-order valence-corrected chi connectivity index (χ1v) is 18.2. The molecule has 0 radical (unpaired) electrons. The third-order valence-corrected chi connectivity index (χ3v) is 10.8. The summed E-state index contributed by atoms with van der Waals surface area (Å²) in [5.41, 5.74) is 1.81. The number of hydrogen-bond acceptors (Lipinski definition) is 6. The minimum Gasteiger partial charge on any atom is -0.493 e. The number of methoxy groups -OCH3 is 2. The number of rotatable bonds is 14. The fourth-order valence-corrected chi connectivity index (χ4v) is 7.67. The molecule has 5 rings (SSSR count). The van der Waals surface area contributed by atoms with Crippen LogP contribution in [0.1, 0.15) is 43.2 Å². The lowest BCUT2D eigenvalue weighted by Gasteiger charge is -2.35. The van der Waals surface area contributed by atoms with Crippen LogP contribution in [0.3, 0.4) is 0 Å². The van der Waals surface area contributed by atoms with Gasteiger partial charge in [0.2, 0.25) is 11.8 Å². The van der Waals surface area contributed by atoms with Crippen molar-refractivity contribution in [2.75, 3.05) is 25.1 Å². The summed E-state index contributed by atoms with van der Waals surface area (Å²) in [6.07, 6.45) is 5.16. The van der Waals surface area contributed by atoms with Crippen molar-refractivity contribution in [3.05, 3.63) is 119 Å². The molecule has 1 N–H and O–H groups in total. The summed E-state index contributed by atoms with van der Waals surface area (Å²) in [5.74, 6) is -0.125. The molecule has 0 bridgehead atoms. The summed E-state index contributed by atoms with van der Waals surface area (Å²) in [6.45, 7) is -0.529. The molecule has 0 spiro atoms. The van der Waals surface area contributed by atoms with Crippen LogP contribution in [-0.2, 0) is 32.6 Å². The third-order valence-electron chi connectivity index (χ3n) is 8.75. The van der Waals surface area contributed by atoms with Gasteiger partial charge in [-0.05, 0) is 60.4 Å². The first-order chi connectivity index (χ1) is 23.7. The van der Waals surface area contributed by atoms with Gasteiger partial charge in [0.25, 0.3) is 10.0 Å². The lowest BCUT2D eigenvalue weighted by molar-refractivity contribution is -0.140. The van der Waals surface area contributed by atoms with Crippen molar-refractivity contribution >= 4 is 39.1 Å². The summed E-state index contributed by atoms with van der Waals surface area (Å²) >= 11 is 6.19. The van der Waals surface area contributed by atoms with E-state index in [9.17, 15) is 18.0 Å². The average Bonchev–Trinajstić information content (AvgIpc) is 3.13. The van der Waals surface area contributed by atoms with E-state index in [1.165, 1.54) is 37.3 Å². The summed E-state index contributed by atoms with van der Waals surface area (Å²) < 4.78 is 40.5. The summed E-state index contributed by atoms with van der Waals surface area (Å²) in [7, 11) is -1.32. The molecule has 1 saturated carbocycles. The monoisotopic (exact) mass is 703 g/mol. The molecule has 0 aromatic heterocycles. The Bertz CT molecular complexity index is 1800. The molecule has 49 heavy (non-hydrogen) atoms. The molecule has 1 aliphatic rings. The zero-order chi connectivity index (χ0) is 34.8. The zero-order valence-electron chi connectivity index (χ0n) is 27.8. The second-order valence-electron chi connectivity index (χ2n) is 12.1. The quantitative estimate of drug-likeness (QED) is 0.158. The van der Waals surface area contributed by atoms with Crippen molar-refractivity contribution < 1.29 is 27.5 Å². The van der Waals surface area contributed by atoms with Crippen LogP contribution in [0.2, 0.25) is 5.02 Å². The van der Waals surface area contributed by atoms with Crippen molar-refractivity contribution in [2.45, 2.75) is 62.0 Å². The molecule has 1 aliphatic carbocycles. The molecule has 1 fully saturated rings. The second-order valence-corrected chi connectivity index (χ2v) is 14.4. The minimum atomic E-state index is -4.26. The predicted molar refractivity (Wildman–Crippen MR) is 191 cm³/mol. The first-order valence-electron chi connectivity index (χ1n) is 16.4. The average molecular weight is 704 g/mol. The van der Waals surface area contributed by atoms with Gasteiger partial charge in [-0.25, -0.2) is 8.42 Å². The number of nitrogens with one attached hydrogen (secondary N) is 1. The second kappa shape index (κ2) is 16.7. The van der Waals surface area contributed by atoms with Gasteiger partial charge < -0.3 is 19.7 Å². The number of amides is 2. The maximum absolute atomic E-state index is 14.7. The van der Waals surface area contributed by atoms with Crippen molar-refractivity contribution in [2.24, 2.45) is 0 Å². The number of hydrogen-bond donors (Lipinski definition) is 1. The first kappa shape index (κ1) is 35.8. The van der Waals surface area contributed by atoms with Gasteiger partial charge >= 0.3 is 0 Å². The lowest BCUT2D eigenvalue weighted by Crippen LogP contribution is -2.55. The van der Waals surface area contributed by atoms with Gasteiger partial charge in [0.05, 0.1) is 24.8 Å². The topological polar surface area (TPSA) is 105 Å². The van der Waals surface area contributed by atoms with E-state index in [0.717, 1.165) is 47.5 Å². The minimum absolute atomic E-state index is 0.00808. The Morgan fingerprint density at radius 1 is 0.816 bits per heavy atom. The number of halogens is 1. The molecule has 258 valence electrons. The van der Waals surface area contributed by atoms with Gasteiger partial charge in [0.1, 0.15) is 12.6 Å². The van der Waals surface area contributed by atoms with Crippen LogP contribution in [0.25, 0.3) is 0 Å². The van der Waals surface area contributed by atoms with E-state index < -0.39 is 28.5 Å². The van der Waals surface area contributed by atoms with Crippen LogP contribution in [0.15, 0.2) is 108 Å². The van der Waals surface area contributed by atoms with E-state index in [2.05, 4.69) is 5.32 Å². The standard InChI is InChI=1S/C38H42ClN3O6S/c1-47-35-23-22-32(25-36(35)48-2)42(49(45,46)33-16-10-5-11-17-33)27-37(43)41(26-29-18-20-30(39)21-19-29)34(24-28-12-6-3-7-13-28)38(44)40-31-14-8-4-9-15-31/h3,5-7,10-13,16-23,25,31,34H,4,8-9,14-15,24,26-27H2,1-2H3,(H,40,44)/t34-/m1/s1. The smallest absolute Gasteiger partial charge is 0.264 e. The largest absolute Gasteiger partial charge is 0.493 e. The van der Waals surface area contributed by atoms with Crippen molar-refractivity contribution in [3.8, 4) is 11.5 Å². The van der Waals surface area contributed by atoms with E-state index >= 15 is 0 Å². The Balaban J connectivity index is 1.58. The maximum atomic E-state index is 14.7. The molecular formula is C38H42ClN3O6S. The Morgan fingerprint density at radius 3 is 2.08 bits per heavy atom. The molecule has 4 aromatic carbocycles. The summed E-state index contributed by atoms with van der Waals surface area (Å²) in [6, 6.07) is 28.3. The molecule has 2 amide bonds. The molecule has 0 unspecified atom stereocenters. The Hall–Kier alpha value is -4.54. The molecule has 0 saturated heterocycles. The molecule has 9 nitrogen and oxygen atoms in total. The fourth-order valence-electron chi connectivity index (χ4n) is 6.11. The summed E-state index contributed by atoms with van der Waals surface area (Å²) in [4.78, 5) is 30.5. The maximum Gasteiger partial charge on any atom is 0.264 e. The van der Waals surface area contributed by atoms with Crippen LogP contribution >= 0.6 is 11.6 Å². The van der Waals surface area contributed by atoms with Crippen molar-refractivity contribution in [1.29, 1.82) is 0 Å². The molecule has 0 aliphatic heterocycles. The van der Waals surface area contributed by atoms with Crippen LogP contribution in [0, 0.1) is 0 Å². The number of nitrogens with zero attached hydrogens (tertiary/aromatic N) is 2. The van der Waals surface area contributed by atoms with Gasteiger partial charge in [-0.15, -0.1) is 0 Å². The molecule has 4 aromatic rings. The SMILES string of the molecule is COc1ccc(N(CC(=O)N(Cc2ccc(Cl)cc2)[C@H](Cc2ccccc2)C(=O)NC2CCCCC2)S(=O)(=O)c2ccccc2)cc1OC. The highest BCUT2D eigenvalue weighted by Crippen LogP contribution is 2.34. The molecule has 1 atom stereocenters. The predicted octanol–water partition coefficient (Wildman–Crippen LogP) is 6.64. The zero-order valence-corrected chi connectivity index (χ0v) is 29.3. The highest BCUT2D eigenvalue weighted by molar-refractivity contribution is 7.92. The van der Waals surface area contributed by atoms with E-state index in [1.54, 1.807) is 54.6 Å². The highest BCUT2D eigenvalue weighted by Gasteiger charge is 2.35. The van der Waals surface area contributed by atoms with E-state index in [4.69, 9.17) is 21.1 Å². The highest BCUT2D eigenvalue weighted by atomic mass is 35.5. The van der Waals surface area contributed by atoms with Crippen molar-refractivity contribution in [1.82, 2.24) is 10.2 Å². The Labute approximate surface area is 293 Å². The van der Waals surface area contributed by atoms with Crippen molar-refractivity contribution in [3.63, 3.8) is 0 Å².